The number of rotatable bonds is 3. The number of unbranched alkanes of at least 4 members (excludes halogenated alkanes) is 1. The van der Waals surface area contributed by atoms with Crippen LogP contribution in [0.15, 0.2) is 0 Å². The second kappa shape index (κ2) is 5.23. The number of terminal acetylenes is 1. The van der Waals surface area contributed by atoms with E-state index < -0.39 is 5.60 Å². The maximum Gasteiger partial charge on any atom is 0.0648 e. The van der Waals surface area contributed by atoms with Gasteiger partial charge in [0.15, 0.2) is 0 Å². The summed E-state index contributed by atoms with van der Waals surface area (Å²) in [5.41, 5.74) is -0.0290. The first-order valence-electron chi connectivity index (χ1n) is 6.53. The third-order valence-corrected chi connectivity index (χ3v) is 4.10. The first-order chi connectivity index (χ1) is 7.37. The highest BCUT2D eigenvalue weighted by atomic mass is 16.3. The van der Waals surface area contributed by atoms with Crippen LogP contribution in [0.3, 0.4) is 0 Å². The lowest BCUT2D eigenvalue weighted by Gasteiger charge is -2.41. The van der Waals surface area contributed by atoms with E-state index in [4.69, 9.17) is 6.42 Å². The zero-order valence-electron chi connectivity index (χ0n) is 11.1. The molecule has 92 valence electrons. The molecule has 0 aromatic carbocycles. The first kappa shape index (κ1) is 13.6. The molecule has 0 aliphatic heterocycles. The van der Waals surface area contributed by atoms with Crippen LogP contribution in [0.1, 0.15) is 65.7 Å². The van der Waals surface area contributed by atoms with Crippen molar-refractivity contribution in [3.8, 4) is 12.3 Å². The minimum atomic E-state index is -0.418. The number of hydrogen-bond acceptors (Lipinski definition) is 1. The smallest absolute Gasteiger partial charge is 0.0648 e. The molecule has 16 heavy (non-hydrogen) atoms. The molecule has 1 heteroatoms. The Morgan fingerprint density at radius 1 is 1.31 bits per heavy atom. The fourth-order valence-corrected chi connectivity index (χ4v) is 2.79. The lowest BCUT2D eigenvalue weighted by atomic mass is 9.67. The van der Waals surface area contributed by atoms with Gasteiger partial charge in [0.1, 0.15) is 0 Å². The Morgan fingerprint density at radius 3 is 2.31 bits per heavy atom. The van der Waals surface area contributed by atoms with Crippen molar-refractivity contribution in [3.05, 3.63) is 0 Å². The molecule has 1 fully saturated rings. The first-order valence-corrected chi connectivity index (χ1v) is 6.53. The topological polar surface area (TPSA) is 20.2 Å². The van der Waals surface area contributed by atoms with Crippen molar-refractivity contribution in [1.82, 2.24) is 0 Å². The Hall–Kier alpha value is -0.480. The molecular weight excluding hydrogens is 196 g/mol. The number of aliphatic hydroxyl groups is 1. The van der Waals surface area contributed by atoms with Gasteiger partial charge in [-0.3, -0.25) is 0 Å². The van der Waals surface area contributed by atoms with E-state index >= 15 is 0 Å². The van der Waals surface area contributed by atoms with Gasteiger partial charge in [0.25, 0.3) is 0 Å². The summed E-state index contributed by atoms with van der Waals surface area (Å²) in [6, 6.07) is 0. The summed E-state index contributed by atoms with van der Waals surface area (Å²) >= 11 is 0. The molecule has 0 heterocycles. The Kier molecular flexibility index (Phi) is 4.44. The Labute approximate surface area is 101 Å². The lowest BCUT2D eigenvalue weighted by Crippen LogP contribution is -2.37. The molecule has 1 nitrogen and oxygen atoms in total. The zero-order valence-corrected chi connectivity index (χ0v) is 11.1. The van der Waals surface area contributed by atoms with Crippen LogP contribution in [-0.2, 0) is 0 Å². The Bertz CT molecular complexity index is 246. The summed E-state index contributed by atoms with van der Waals surface area (Å²) in [6.07, 6.45) is 12.1. The van der Waals surface area contributed by atoms with E-state index in [0.717, 1.165) is 50.9 Å². The molecule has 1 rings (SSSR count). The minimum Gasteiger partial charge on any atom is -0.390 e. The van der Waals surface area contributed by atoms with E-state index in [1.165, 1.54) is 0 Å². The summed E-state index contributed by atoms with van der Waals surface area (Å²) < 4.78 is 0. The van der Waals surface area contributed by atoms with Crippen molar-refractivity contribution in [2.75, 3.05) is 0 Å². The Morgan fingerprint density at radius 2 is 1.88 bits per heavy atom. The maximum atomic E-state index is 10.4. The highest BCUT2D eigenvalue weighted by Gasteiger charge is 2.36. The molecule has 0 atom stereocenters. The van der Waals surface area contributed by atoms with Gasteiger partial charge in [-0.05, 0) is 49.9 Å². The highest BCUT2D eigenvalue weighted by Crippen LogP contribution is 2.42. The molecule has 0 radical (unpaired) electrons. The molecule has 0 aromatic rings. The average molecular weight is 222 g/mol. The summed E-state index contributed by atoms with van der Waals surface area (Å²) in [5.74, 6) is 3.41. The van der Waals surface area contributed by atoms with Crippen LogP contribution in [0.25, 0.3) is 0 Å². The van der Waals surface area contributed by atoms with Gasteiger partial charge in [0.05, 0.1) is 5.60 Å². The molecule has 0 bridgehead atoms. The van der Waals surface area contributed by atoms with Crippen LogP contribution in [0, 0.1) is 23.7 Å². The van der Waals surface area contributed by atoms with Gasteiger partial charge in [-0.1, -0.05) is 20.8 Å². The van der Waals surface area contributed by atoms with Crippen molar-refractivity contribution in [3.63, 3.8) is 0 Å². The molecule has 0 aromatic heterocycles. The molecule has 0 spiro atoms. The van der Waals surface area contributed by atoms with E-state index in [1.54, 1.807) is 0 Å². The molecule has 0 saturated heterocycles. The van der Waals surface area contributed by atoms with Crippen LogP contribution in [-0.4, -0.2) is 10.7 Å². The SMILES string of the molecule is C#CCCCC1(O)CCC(C(C)(C)C)CC1. The molecule has 1 N–H and O–H groups in total. The molecule has 1 saturated carbocycles. The van der Waals surface area contributed by atoms with Crippen LogP contribution in [0.5, 0.6) is 0 Å². The quantitative estimate of drug-likeness (QED) is 0.569. The third kappa shape index (κ3) is 3.83. The normalized spacial score (nSPS) is 31.1. The molecular formula is C15H26O. The molecule has 0 amide bonds. The fraction of sp³-hybridized carbons (Fsp3) is 0.867. The van der Waals surface area contributed by atoms with E-state index in [2.05, 4.69) is 26.7 Å². The van der Waals surface area contributed by atoms with Gasteiger partial charge in [0, 0.05) is 6.42 Å². The second-order valence-corrected chi connectivity index (χ2v) is 6.42. The zero-order chi connectivity index (χ0) is 12.2. The third-order valence-electron chi connectivity index (χ3n) is 4.10. The van der Waals surface area contributed by atoms with E-state index in [0.29, 0.717) is 5.41 Å². The average Bonchev–Trinajstić information content (AvgIpc) is 2.17. The summed E-state index contributed by atoms with van der Waals surface area (Å²) in [4.78, 5) is 0. The van der Waals surface area contributed by atoms with Crippen molar-refractivity contribution in [2.45, 2.75) is 71.3 Å². The van der Waals surface area contributed by atoms with Gasteiger partial charge in [-0.25, -0.2) is 0 Å². The van der Waals surface area contributed by atoms with Crippen molar-refractivity contribution in [1.29, 1.82) is 0 Å². The van der Waals surface area contributed by atoms with Crippen molar-refractivity contribution >= 4 is 0 Å². The fourth-order valence-electron chi connectivity index (χ4n) is 2.79. The largest absolute Gasteiger partial charge is 0.390 e. The van der Waals surface area contributed by atoms with E-state index in [9.17, 15) is 5.11 Å². The number of hydrogen-bond donors (Lipinski definition) is 1. The van der Waals surface area contributed by atoms with Gasteiger partial charge in [0.2, 0.25) is 0 Å². The highest BCUT2D eigenvalue weighted by molar-refractivity contribution is 4.91. The molecule has 0 unspecified atom stereocenters. The van der Waals surface area contributed by atoms with Crippen LogP contribution < -0.4 is 0 Å². The predicted molar refractivity (Wildman–Crippen MR) is 69.0 cm³/mol. The van der Waals surface area contributed by atoms with Crippen LogP contribution in [0.2, 0.25) is 0 Å². The van der Waals surface area contributed by atoms with E-state index in [-0.39, 0.29) is 0 Å². The van der Waals surface area contributed by atoms with Crippen molar-refractivity contribution in [2.24, 2.45) is 11.3 Å². The summed E-state index contributed by atoms with van der Waals surface area (Å²) in [7, 11) is 0. The Balaban J connectivity index is 2.38. The summed E-state index contributed by atoms with van der Waals surface area (Å²) in [5, 5.41) is 10.4. The predicted octanol–water partition coefficient (Wildman–Crippen LogP) is 3.76. The van der Waals surface area contributed by atoms with Gasteiger partial charge >= 0.3 is 0 Å². The van der Waals surface area contributed by atoms with Crippen LogP contribution >= 0.6 is 0 Å². The minimum absolute atomic E-state index is 0.389. The van der Waals surface area contributed by atoms with Gasteiger partial charge in [-0.15, -0.1) is 12.3 Å². The van der Waals surface area contributed by atoms with Crippen molar-refractivity contribution < 1.29 is 5.11 Å². The standard InChI is InChI=1S/C15H26O/c1-5-6-7-10-15(16)11-8-13(9-12-15)14(2,3)4/h1,13,16H,6-12H2,2-4H3. The van der Waals surface area contributed by atoms with Crippen LogP contribution in [0.4, 0.5) is 0 Å². The molecule has 1 aliphatic rings. The summed E-state index contributed by atoms with van der Waals surface area (Å²) in [6.45, 7) is 6.92. The monoisotopic (exact) mass is 222 g/mol. The molecule has 1 aliphatic carbocycles. The lowest BCUT2D eigenvalue weighted by molar-refractivity contribution is -0.0322. The van der Waals surface area contributed by atoms with Gasteiger partial charge < -0.3 is 5.11 Å². The second-order valence-electron chi connectivity index (χ2n) is 6.42. The maximum absolute atomic E-state index is 10.4. The van der Waals surface area contributed by atoms with Gasteiger partial charge in [-0.2, -0.15) is 0 Å². The van der Waals surface area contributed by atoms with E-state index in [1.807, 2.05) is 0 Å².